The van der Waals surface area contributed by atoms with E-state index in [2.05, 4.69) is 5.32 Å². The molecule has 0 spiro atoms. The first-order chi connectivity index (χ1) is 5.52. The van der Waals surface area contributed by atoms with E-state index >= 15 is 0 Å². The highest BCUT2D eigenvalue weighted by atomic mass is 16.2. The number of amides is 2. The number of rotatable bonds is 1. The topological polar surface area (TPSA) is 46.2 Å². The third-order valence-corrected chi connectivity index (χ3v) is 2.21. The van der Waals surface area contributed by atoms with Crippen LogP contribution >= 0.6 is 0 Å². The van der Waals surface area contributed by atoms with Gasteiger partial charge in [0, 0.05) is 5.57 Å². The van der Waals surface area contributed by atoms with Crippen LogP contribution < -0.4 is 5.32 Å². The fourth-order valence-corrected chi connectivity index (χ4v) is 1.15. The minimum absolute atomic E-state index is 0.185. The number of allylic oxidation sites excluding steroid dienone is 1. The Morgan fingerprint density at radius 2 is 2.00 bits per heavy atom. The van der Waals surface area contributed by atoms with Crippen molar-refractivity contribution in [3.8, 4) is 0 Å². The molecular formula is C9H13NO2. The molecule has 0 unspecified atom stereocenters. The van der Waals surface area contributed by atoms with Crippen LogP contribution in [-0.2, 0) is 9.59 Å². The lowest BCUT2D eigenvalue weighted by atomic mass is 9.98. The van der Waals surface area contributed by atoms with Crippen molar-refractivity contribution in [1.29, 1.82) is 0 Å². The van der Waals surface area contributed by atoms with E-state index < -0.39 is 0 Å². The van der Waals surface area contributed by atoms with E-state index in [1.165, 1.54) is 0 Å². The van der Waals surface area contributed by atoms with Gasteiger partial charge in [0.15, 0.2) is 0 Å². The minimum atomic E-state index is -0.216. The van der Waals surface area contributed by atoms with Crippen molar-refractivity contribution in [1.82, 2.24) is 5.32 Å². The predicted octanol–water partition coefficient (Wildman–Crippen LogP) is 1.01. The summed E-state index contributed by atoms with van der Waals surface area (Å²) in [5, 5.41) is 2.27. The molecule has 2 amide bonds. The standard InChI is InChI=1S/C9H13NO2/c1-5(2)6(3)7-4-8(11)10-9(7)12/h5H,4H2,1-3H3,(H,10,11,12)/b7-6-. The number of carbonyl (C=O) groups is 2. The van der Waals surface area contributed by atoms with E-state index in [-0.39, 0.29) is 18.2 Å². The minimum Gasteiger partial charge on any atom is -0.292 e. The van der Waals surface area contributed by atoms with E-state index in [0.29, 0.717) is 11.5 Å². The largest absolute Gasteiger partial charge is 0.292 e. The zero-order chi connectivity index (χ0) is 9.30. The van der Waals surface area contributed by atoms with Gasteiger partial charge in [0.1, 0.15) is 0 Å². The van der Waals surface area contributed by atoms with Crippen molar-refractivity contribution >= 4 is 11.8 Å². The number of nitrogens with one attached hydrogen (secondary N) is 1. The molecule has 1 aliphatic heterocycles. The molecule has 0 radical (unpaired) electrons. The highest BCUT2D eigenvalue weighted by molar-refractivity contribution is 6.13. The van der Waals surface area contributed by atoms with E-state index in [4.69, 9.17) is 0 Å². The van der Waals surface area contributed by atoms with Gasteiger partial charge in [0.2, 0.25) is 5.91 Å². The maximum absolute atomic E-state index is 11.1. The van der Waals surface area contributed by atoms with Gasteiger partial charge in [-0.15, -0.1) is 0 Å². The average molecular weight is 167 g/mol. The van der Waals surface area contributed by atoms with Crippen LogP contribution in [-0.4, -0.2) is 11.8 Å². The molecule has 0 aromatic carbocycles. The Morgan fingerprint density at radius 3 is 2.33 bits per heavy atom. The summed E-state index contributed by atoms with van der Waals surface area (Å²) in [5.41, 5.74) is 1.66. The molecule has 0 saturated carbocycles. The van der Waals surface area contributed by atoms with Crippen LogP contribution in [0.3, 0.4) is 0 Å². The second-order valence-corrected chi connectivity index (χ2v) is 3.37. The molecule has 3 nitrogen and oxygen atoms in total. The van der Waals surface area contributed by atoms with Gasteiger partial charge < -0.3 is 0 Å². The smallest absolute Gasteiger partial charge is 0.254 e. The number of hydrogen-bond acceptors (Lipinski definition) is 2. The van der Waals surface area contributed by atoms with Crippen molar-refractivity contribution in [2.45, 2.75) is 27.2 Å². The van der Waals surface area contributed by atoms with Gasteiger partial charge in [0.05, 0.1) is 6.42 Å². The maximum Gasteiger partial charge on any atom is 0.254 e. The maximum atomic E-state index is 11.1. The molecule has 1 N–H and O–H groups in total. The Kier molecular flexibility index (Phi) is 2.31. The molecule has 1 rings (SSSR count). The molecule has 0 atom stereocenters. The molecule has 1 aliphatic rings. The number of hydrogen-bond donors (Lipinski definition) is 1. The third-order valence-electron chi connectivity index (χ3n) is 2.21. The van der Waals surface area contributed by atoms with Crippen LogP contribution in [0.15, 0.2) is 11.1 Å². The summed E-state index contributed by atoms with van der Waals surface area (Å²) in [4.78, 5) is 22.0. The van der Waals surface area contributed by atoms with Crippen molar-refractivity contribution in [3.05, 3.63) is 11.1 Å². The second-order valence-electron chi connectivity index (χ2n) is 3.37. The van der Waals surface area contributed by atoms with Crippen molar-refractivity contribution < 1.29 is 9.59 Å². The molecule has 66 valence electrons. The molecule has 12 heavy (non-hydrogen) atoms. The summed E-state index contributed by atoms with van der Waals surface area (Å²) in [6, 6.07) is 0. The highest BCUT2D eigenvalue weighted by Gasteiger charge is 2.26. The van der Waals surface area contributed by atoms with Crippen LogP contribution in [0.2, 0.25) is 0 Å². The summed E-state index contributed by atoms with van der Waals surface area (Å²) < 4.78 is 0. The van der Waals surface area contributed by atoms with E-state index in [9.17, 15) is 9.59 Å². The molecule has 1 fully saturated rings. The molecule has 0 bridgehead atoms. The van der Waals surface area contributed by atoms with Gasteiger partial charge in [-0.2, -0.15) is 0 Å². The molecule has 0 aliphatic carbocycles. The Hall–Kier alpha value is -1.12. The van der Waals surface area contributed by atoms with Gasteiger partial charge in [-0.25, -0.2) is 0 Å². The molecule has 1 heterocycles. The second kappa shape index (κ2) is 3.09. The van der Waals surface area contributed by atoms with Crippen molar-refractivity contribution in [2.75, 3.05) is 0 Å². The average Bonchev–Trinajstić information content (AvgIpc) is 2.28. The summed E-state index contributed by atoms with van der Waals surface area (Å²) >= 11 is 0. The van der Waals surface area contributed by atoms with Gasteiger partial charge in [-0.05, 0) is 12.8 Å². The molecule has 0 aromatic rings. The van der Waals surface area contributed by atoms with Crippen molar-refractivity contribution in [3.63, 3.8) is 0 Å². The zero-order valence-corrected chi connectivity index (χ0v) is 7.60. The molecule has 1 saturated heterocycles. The number of carbonyl (C=O) groups excluding carboxylic acids is 2. The first-order valence-electron chi connectivity index (χ1n) is 4.06. The van der Waals surface area contributed by atoms with Crippen LogP contribution in [0.5, 0.6) is 0 Å². The third kappa shape index (κ3) is 1.55. The first kappa shape index (κ1) is 8.97. The van der Waals surface area contributed by atoms with E-state index in [0.717, 1.165) is 5.57 Å². The van der Waals surface area contributed by atoms with Gasteiger partial charge in [0.25, 0.3) is 5.91 Å². The Morgan fingerprint density at radius 1 is 1.42 bits per heavy atom. The summed E-state index contributed by atoms with van der Waals surface area (Å²) in [7, 11) is 0. The zero-order valence-electron chi connectivity index (χ0n) is 7.60. The Balaban J connectivity index is 2.95. The lowest BCUT2D eigenvalue weighted by molar-refractivity contribution is -0.124. The fourth-order valence-electron chi connectivity index (χ4n) is 1.15. The molecule has 0 aromatic heterocycles. The summed E-state index contributed by atoms with van der Waals surface area (Å²) in [5.74, 6) is -0.0714. The predicted molar refractivity (Wildman–Crippen MR) is 45.3 cm³/mol. The van der Waals surface area contributed by atoms with Gasteiger partial charge >= 0.3 is 0 Å². The van der Waals surface area contributed by atoms with Crippen LogP contribution in [0.25, 0.3) is 0 Å². The quantitative estimate of drug-likeness (QED) is 0.468. The fraction of sp³-hybridized carbons (Fsp3) is 0.556. The highest BCUT2D eigenvalue weighted by Crippen LogP contribution is 2.20. The number of imide groups is 1. The van der Waals surface area contributed by atoms with Gasteiger partial charge in [-0.3, -0.25) is 14.9 Å². The lowest BCUT2D eigenvalue weighted by Crippen LogP contribution is -2.20. The first-order valence-corrected chi connectivity index (χ1v) is 4.06. The van der Waals surface area contributed by atoms with E-state index in [1.54, 1.807) is 0 Å². The normalized spacial score (nSPS) is 21.7. The SMILES string of the molecule is C/C(=C1\CC(=O)NC1=O)C(C)C. The monoisotopic (exact) mass is 167 g/mol. The van der Waals surface area contributed by atoms with Gasteiger partial charge in [-0.1, -0.05) is 19.4 Å². The molecular weight excluding hydrogens is 154 g/mol. The van der Waals surface area contributed by atoms with Crippen molar-refractivity contribution in [2.24, 2.45) is 5.92 Å². The molecule has 3 heteroatoms. The summed E-state index contributed by atoms with van der Waals surface area (Å²) in [6.07, 6.45) is 0.253. The lowest BCUT2D eigenvalue weighted by Gasteiger charge is -2.06. The van der Waals surface area contributed by atoms with Crippen LogP contribution in [0, 0.1) is 5.92 Å². The Labute approximate surface area is 71.8 Å². The van der Waals surface area contributed by atoms with Crippen LogP contribution in [0.4, 0.5) is 0 Å². The van der Waals surface area contributed by atoms with E-state index in [1.807, 2.05) is 20.8 Å². The summed E-state index contributed by atoms with van der Waals surface area (Å²) in [6.45, 7) is 5.93. The van der Waals surface area contributed by atoms with Crippen LogP contribution in [0.1, 0.15) is 27.2 Å². The Bertz CT molecular complexity index is 264.